The van der Waals surface area contributed by atoms with Crippen LogP contribution in [0.1, 0.15) is 40.9 Å². The molecule has 0 saturated carbocycles. The summed E-state index contributed by atoms with van der Waals surface area (Å²) in [6, 6.07) is 14.8. The molecule has 5 nitrogen and oxygen atoms in total. The first kappa shape index (κ1) is 24.4. The number of likely N-dealkylation sites (tertiary alicyclic amines) is 1. The maximum absolute atomic E-state index is 13.6. The van der Waals surface area contributed by atoms with Crippen molar-refractivity contribution in [1.29, 1.82) is 0 Å². The van der Waals surface area contributed by atoms with Gasteiger partial charge in [0.1, 0.15) is 11.6 Å². The molecule has 36 heavy (non-hydrogen) atoms. The zero-order valence-corrected chi connectivity index (χ0v) is 21.7. The van der Waals surface area contributed by atoms with Gasteiger partial charge in [0.05, 0.1) is 7.11 Å². The minimum atomic E-state index is -0.232. The molecular formula is C29H30FN3O2S. The number of aryl methyl sites for hydroxylation is 2. The summed E-state index contributed by atoms with van der Waals surface area (Å²) in [6.07, 6.45) is 2.55. The average Bonchev–Trinajstić information content (AvgIpc) is 3.26. The number of thiazole rings is 1. The average molecular weight is 504 g/mol. The van der Waals surface area contributed by atoms with Crippen molar-refractivity contribution in [2.24, 2.45) is 0 Å². The summed E-state index contributed by atoms with van der Waals surface area (Å²) in [4.78, 5) is 20.9. The molecule has 0 bridgehead atoms. The number of benzene rings is 2. The number of fused-ring (bicyclic) bond motifs is 1. The Hall–Kier alpha value is -3.29. The van der Waals surface area contributed by atoms with Crippen LogP contribution in [0.4, 0.5) is 4.39 Å². The quantitative estimate of drug-likeness (QED) is 0.341. The third-order valence-electron chi connectivity index (χ3n) is 7.04. The second-order valence-corrected chi connectivity index (χ2v) is 10.1. The van der Waals surface area contributed by atoms with Crippen molar-refractivity contribution in [1.82, 2.24) is 14.3 Å². The van der Waals surface area contributed by atoms with E-state index in [1.165, 1.54) is 34.6 Å². The van der Waals surface area contributed by atoms with Crippen molar-refractivity contribution >= 4 is 21.9 Å². The Morgan fingerprint density at radius 2 is 1.67 bits per heavy atom. The molecule has 186 valence electrons. The third kappa shape index (κ3) is 4.86. The summed E-state index contributed by atoms with van der Waals surface area (Å²) in [5.41, 5.74) is 7.32. The van der Waals surface area contributed by atoms with E-state index in [0.29, 0.717) is 6.42 Å². The lowest BCUT2D eigenvalue weighted by molar-refractivity contribution is 0.259. The fraction of sp³-hybridized carbons (Fsp3) is 0.310. The number of ether oxygens (including phenoxy) is 1. The zero-order valence-electron chi connectivity index (χ0n) is 20.9. The molecule has 0 aliphatic carbocycles. The van der Waals surface area contributed by atoms with E-state index in [1.807, 2.05) is 43.5 Å². The topological polar surface area (TPSA) is 46.8 Å². The van der Waals surface area contributed by atoms with Gasteiger partial charge in [-0.3, -0.25) is 9.20 Å². The van der Waals surface area contributed by atoms with E-state index < -0.39 is 0 Å². The largest absolute Gasteiger partial charge is 0.497 e. The van der Waals surface area contributed by atoms with Gasteiger partial charge < -0.3 is 9.64 Å². The van der Waals surface area contributed by atoms with Crippen molar-refractivity contribution < 1.29 is 9.13 Å². The molecule has 2 aromatic heterocycles. The highest BCUT2D eigenvalue weighted by Crippen LogP contribution is 2.33. The number of methoxy groups -OCH3 is 1. The molecule has 1 aliphatic rings. The Morgan fingerprint density at radius 1 is 1.03 bits per heavy atom. The minimum absolute atomic E-state index is 0.0620. The van der Waals surface area contributed by atoms with Crippen LogP contribution in [0.2, 0.25) is 0 Å². The van der Waals surface area contributed by atoms with Crippen LogP contribution in [-0.2, 0) is 6.42 Å². The molecule has 0 spiro atoms. The monoisotopic (exact) mass is 503 g/mol. The van der Waals surface area contributed by atoms with Gasteiger partial charge in [0, 0.05) is 42.0 Å². The maximum atomic E-state index is 13.6. The van der Waals surface area contributed by atoms with Gasteiger partial charge in [0.15, 0.2) is 4.96 Å². The Balaban J connectivity index is 1.35. The van der Waals surface area contributed by atoms with Gasteiger partial charge in [0.2, 0.25) is 0 Å². The van der Waals surface area contributed by atoms with E-state index in [2.05, 4.69) is 22.0 Å². The van der Waals surface area contributed by atoms with Crippen molar-refractivity contribution in [2.45, 2.75) is 33.1 Å². The predicted molar refractivity (Wildman–Crippen MR) is 144 cm³/mol. The summed E-state index contributed by atoms with van der Waals surface area (Å²) in [5.74, 6) is 0.581. The minimum Gasteiger partial charge on any atom is -0.497 e. The lowest BCUT2D eigenvalue weighted by Crippen LogP contribution is -2.34. The lowest BCUT2D eigenvalue weighted by atomic mass is 9.88. The van der Waals surface area contributed by atoms with Crippen LogP contribution in [0.5, 0.6) is 5.75 Å². The molecule has 0 radical (unpaired) electrons. The van der Waals surface area contributed by atoms with Crippen molar-refractivity contribution in [3.63, 3.8) is 0 Å². The maximum Gasteiger partial charge on any atom is 0.262 e. The van der Waals surface area contributed by atoms with E-state index in [0.717, 1.165) is 71.3 Å². The predicted octanol–water partition coefficient (Wildman–Crippen LogP) is 5.66. The van der Waals surface area contributed by atoms with E-state index in [-0.39, 0.29) is 11.4 Å². The summed E-state index contributed by atoms with van der Waals surface area (Å²) in [5, 5.41) is 1.98. The van der Waals surface area contributed by atoms with E-state index in [1.54, 1.807) is 11.5 Å². The van der Waals surface area contributed by atoms with Crippen LogP contribution >= 0.6 is 11.3 Å². The fourth-order valence-corrected chi connectivity index (χ4v) is 5.93. The highest BCUT2D eigenvalue weighted by Gasteiger charge is 2.20. The molecule has 0 amide bonds. The highest BCUT2D eigenvalue weighted by molar-refractivity contribution is 7.15. The van der Waals surface area contributed by atoms with Crippen molar-refractivity contribution in [3.8, 4) is 5.75 Å². The fourth-order valence-electron chi connectivity index (χ4n) is 5.02. The molecule has 0 N–H and O–H groups in total. The Bertz CT molecular complexity index is 1460. The van der Waals surface area contributed by atoms with Crippen LogP contribution in [0.15, 0.2) is 64.3 Å². The molecule has 5 rings (SSSR count). The van der Waals surface area contributed by atoms with Gasteiger partial charge in [-0.2, -0.15) is 0 Å². The molecule has 0 atom stereocenters. The van der Waals surface area contributed by atoms with E-state index in [9.17, 15) is 9.18 Å². The Kier molecular flexibility index (Phi) is 7.03. The van der Waals surface area contributed by atoms with Gasteiger partial charge in [0.25, 0.3) is 5.56 Å². The Morgan fingerprint density at radius 3 is 2.31 bits per heavy atom. The molecular weight excluding hydrogens is 473 g/mol. The number of hydrogen-bond donors (Lipinski definition) is 0. The highest BCUT2D eigenvalue weighted by atomic mass is 32.1. The Labute approximate surface area is 214 Å². The molecule has 3 heterocycles. The van der Waals surface area contributed by atoms with Crippen LogP contribution < -0.4 is 10.3 Å². The van der Waals surface area contributed by atoms with Crippen LogP contribution in [0.3, 0.4) is 0 Å². The second-order valence-electron chi connectivity index (χ2n) is 9.28. The summed E-state index contributed by atoms with van der Waals surface area (Å²) >= 11 is 1.51. The van der Waals surface area contributed by atoms with Gasteiger partial charge in [-0.1, -0.05) is 29.8 Å². The lowest BCUT2D eigenvalue weighted by Gasteiger charge is -2.30. The third-order valence-corrected chi connectivity index (χ3v) is 7.99. The normalized spacial score (nSPS) is 14.4. The van der Waals surface area contributed by atoms with Crippen LogP contribution in [0.25, 0.3) is 10.5 Å². The number of piperidine rings is 1. The SMILES string of the molecule is COc1ccc(C(=C2CCN(CCc3c(C)nc4scc(C)n4c3=O)CC2)c2ccc(F)cc2)cc1. The van der Waals surface area contributed by atoms with Gasteiger partial charge in [-0.05, 0) is 74.1 Å². The zero-order chi connectivity index (χ0) is 25.2. The first-order valence-corrected chi connectivity index (χ1v) is 13.1. The van der Waals surface area contributed by atoms with Crippen molar-refractivity contribution in [2.75, 3.05) is 26.7 Å². The van der Waals surface area contributed by atoms with Gasteiger partial charge in [-0.25, -0.2) is 9.37 Å². The standard InChI is InChI=1S/C29H30FN3O2S/c1-19-18-36-29-31-20(2)26(28(34)33(19)29)14-17-32-15-12-23(13-16-32)27(21-4-8-24(30)9-5-21)22-6-10-25(35-3)11-7-22/h4-11,18H,12-17H2,1-3H3. The molecule has 4 aromatic rings. The number of rotatable bonds is 6. The molecule has 1 fully saturated rings. The van der Waals surface area contributed by atoms with Gasteiger partial charge in [-0.15, -0.1) is 11.3 Å². The number of aromatic nitrogens is 2. The number of nitrogens with zero attached hydrogens (tertiary/aromatic N) is 3. The van der Waals surface area contributed by atoms with Gasteiger partial charge >= 0.3 is 0 Å². The molecule has 7 heteroatoms. The molecule has 1 saturated heterocycles. The summed E-state index contributed by atoms with van der Waals surface area (Å²) < 4.78 is 20.7. The summed E-state index contributed by atoms with van der Waals surface area (Å²) in [7, 11) is 1.66. The van der Waals surface area contributed by atoms with Crippen LogP contribution in [0, 0.1) is 19.7 Å². The number of halogens is 1. The van der Waals surface area contributed by atoms with Crippen molar-refractivity contribution in [3.05, 3.63) is 104 Å². The smallest absolute Gasteiger partial charge is 0.262 e. The molecule has 1 aliphatic heterocycles. The first-order valence-electron chi connectivity index (χ1n) is 12.3. The number of hydrogen-bond acceptors (Lipinski definition) is 5. The second kappa shape index (κ2) is 10.4. The van der Waals surface area contributed by atoms with E-state index in [4.69, 9.17) is 4.74 Å². The van der Waals surface area contributed by atoms with Crippen LogP contribution in [-0.4, -0.2) is 41.0 Å². The van der Waals surface area contributed by atoms with E-state index >= 15 is 0 Å². The molecule has 2 aromatic carbocycles. The summed E-state index contributed by atoms with van der Waals surface area (Å²) in [6.45, 7) is 6.56. The first-order chi connectivity index (χ1) is 17.4. The molecule has 0 unspecified atom stereocenters.